The van der Waals surface area contributed by atoms with Gasteiger partial charge in [0.15, 0.2) is 0 Å². The number of amides is 1. The Kier molecular flexibility index (Phi) is 5.10. The second-order valence-corrected chi connectivity index (χ2v) is 9.32. The van der Waals surface area contributed by atoms with E-state index in [4.69, 9.17) is 28.3 Å². The first-order valence-electron chi connectivity index (χ1n) is 8.82. The highest BCUT2D eigenvalue weighted by Crippen LogP contribution is 2.35. The van der Waals surface area contributed by atoms with Gasteiger partial charge in [-0.2, -0.15) is 0 Å². The van der Waals surface area contributed by atoms with Crippen LogP contribution in [0, 0.1) is 0 Å². The predicted molar refractivity (Wildman–Crippen MR) is 113 cm³/mol. The van der Waals surface area contributed by atoms with E-state index in [0.29, 0.717) is 47.1 Å². The van der Waals surface area contributed by atoms with Crippen LogP contribution in [-0.4, -0.2) is 54.7 Å². The predicted octanol–water partition coefficient (Wildman–Crippen LogP) is 3.99. The third-order valence-corrected chi connectivity index (χ3v) is 7.20. The third kappa shape index (κ3) is 3.52. The van der Waals surface area contributed by atoms with Crippen molar-refractivity contribution in [1.82, 2.24) is 8.87 Å². The zero-order chi connectivity index (χ0) is 20.8. The summed E-state index contributed by atoms with van der Waals surface area (Å²) in [4.78, 5) is 14.6. The number of anilines is 1. The highest BCUT2D eigenvalue weighted by atomic mass is 35.5. The minimum absolute atomic E-state index is 0.0686. The van der Waals surface area contributed by atoms with E-state index in [1.54, 1.807) is 24.3 Å². The van der Waals surface area contributed by atoms with E-state index in [1.807, 2.05) is 11.0 Å². The number of halogens is 2. The van der Waals surface area contributed by atoms with Crippen molar-refractivity contribution in [2.45, 2.75) is 4.90 Å². The molecule has 4 rings (SSSR count). The van der Waals surface area contributed by atoms with Gasteiger partial charge in [0, 0.05) is 48.5 Å². The van der Waals surface area contributed by atoms with E-state index in [2.05, 4.69) is 0 Å². The van der Waals surface area contributed by atoms with Gasteiger partial charge >= 0.3 is 6.09 Å². The standard InChI is InChI=1S/C19H17Cl2N3O4S/c20-13-2-1-3-14(12-13)29(27,28)24-7-6-15-17(5-4-16(21)18(15)24)22-8-10-23(11-9-22)19(25)26/h1-7,12H,8-11H2,(H,25,26). The molecule has 152 valence electrons. The average Bonchev–Trinajstić information content (AvgIpc) is 3.15. The maximum absolute atomic E-state index is 13.2. The minimum atomic E-state index is -3.89. The van der Waals surface area contributed by atoms with Crippen molar-refractivity contribution in [2.75, 3.05) is 31.1 Å². The summed E-state index contributed by atoms with van der Waals surface area (Å²) in [6, 6.07) is 11.3. The van der Waals surface area contributed by atoms with Gasteiger partial charge in [0.25, 0.3) is 10.0 Å². The van der Waals surface area contributed by atoms with Crippen LogP contribution < -0.4 is 4.90 Å². The van der Waals surface area contributed by atoms with E-state index in [0.717, 1.165) is 9.66 Å². The van der Waals surface area contributed by atoms with Crippen molar-refractivity contribution in [3.8, 4) is 0 Å². The molecule has 0 spiro atoms. The number of carboxylic acid groups (broad SMARTS) is 1. The SMILES string of the molecule is O=C(O)N1CCN(c2ccc(Cl)c3c2ccn3S(=O)(=O)c2cccc(Cl)c2)CC1. The maximum atomic E-state index is 13.2. The Balaban J connectivity index is 1.78. The molecule has 0 bridgehead atoms. The average molecular weight is 454 g/mol. The van der Waals surface area contributed by atoms with Gasteiger partial charge in [-0.05, 0) is 36.4 Å². The van der Waals surface area contributed by atoms with E-state index in [9.17, 15) is 13.2 Å². The lowest BCUT2D eigenvalue weighted by Gasteiger charge is -2.35. The molecule has 1 aliphatic heterocycles. The van der Waals surface area contributed by atoms with Gasteiger partial charge in [0.2, 0.25) is 0 Å². The molecule has 0 unspecified atom stereocenters. The number of fused-ring (bicyclic) bond motifs is 1. The summed E-state index contributed by atoms with van der Waals surface area (Å²) in [5, 5.41) is 10.5. The number of carbonyl (C=O) groups is 1. The summed E-state index contributed by atoms with van der Waals surface area (Å²) >= 11 is 12.4. The largest absolute Gasteiger partial charge is 0.465 e. The van der Waals surface area contributed by atoms with Gasteiger partial charge in [-0.25, -0.2) is 17.2 Å². The summed E-state index contributed by atoms with van der Waals surface area (Å²) in [7, 11) is -3.89. The van der Waals surface area contributed by atoms with Gasteiger partial charge in [-0.3, -0.25) is 0 Å². The summed E-state index contributed by atoms with van der Waals surface area (Å²) in [5.41, 5.74) is 1.19. The Morgan fingerprint density at radius 2 is 1.72 bits per heavy atom. The Morgan fingerprint density at radius 3 is 2.38 bits per heavy atom. The lowest BCUT2D eigenvalue weighted by Crippen LogP contribution is -2.48. The van der Waals surface area contributed by atoms with Crippen LogP contribution in [0.3, 0.4) is 0 Å². The van der Waals surface area contributed by atoms with E-state index < -0.39 is 16.1 Å². The Hall–Kier alpha value is -2.42. The molecule has 2 aromatic carbocycles. The van der Waals surface area contributed by atoms with Crippen LogP contribution >= 0.6 is 23.2 Å². The van der Waals surface area contributed by atoms with Gasteiger partial charge in [0.1, 0.15) is 0 Å². The first-order chi connectivity index (χ1) is 13.8. The molecule has 0 aliphatic carbocycles. The van der Waals surface area contributed by atoms with Crippen molar-refractivity contribution in [1.29, 1.82) is 0 Å². The van der Waals surface area contributed by atoms with Crippen molar-refractivity contribution < 1.29 is 18.3 Å². The van der Waals surface area contributed by atoms with Crippen molar-refractivity contribution in [3.05, 3.63) is 58.7 Å². The normalized spacial score (nSPS) is 15.1. The van der Waals surface area contributed by atoms with E-state index >= 15 is 0 Å². The zero-order valence-corrected chi connectivity index (χ0v) is 17.5. The molecule has 1 fully saturated rings. The van der Waals surface area contributed by atoms with Crippen LogP contribution in [-0.2, 0) is 10.0 Å². The second-order valence-electron chi connectivity index (χ2n) is 6.66. The summed E-state index contributed by atoms with van der Waals surface area (Å²) in [5.74, 6) is 0. The zero-order valence-electron chi connectivity index (χ0n) is 15.1. The molecule has 3 aromatic rings. The molecule has 1 aromatic heterocycles. The molecule has 0 radical (unpaired) electrons. The molecule has 1 aliphatic rings. The second kappa shape index (κ2) is 7.44. The Morgan fingerprint density at radius 1 is 1.00 bits per heavy atom. The number of hydrogen-bond donors (Lipinski definition) is 1. The third-order valence-electron chi connectivity index (χ3n) is 4.99. The molecule has 7 nitrogen and oxygen atoms in total. The number of nitrogens with zero attached hydrogens (tertiary/aromatic N) is 3. The quantitative estimate of drug-likeness (QED) is 0.648. The fourth-order valence-electron chi connectivity index (χ4n) is 3.53. The van der Waals surface area contributed by atoms with Crippen molar-refractivity contribution in [3.63, 3.8) is 0 Å². The smallest absolute Gasteiger partial charge is 0.407 e. The van der Waals surface area contributed by atoms with Gasteiger partial charge in [0.05, 0.1) is 15.4 Å². The summed E-state index contributed by atoms with van der Waals surface area (Å²) in [6.45, 7) is 1.77. The van der Waals surface area contributed by atoms with E-state index in [-0.39, 0.29) is 4.90 Å². The maximum Gasteiger partial charge on any atom is 0.407 e. The molecular formula is C19H17Cl2N3O4S. The van der Waals surface area contributed by atoms with Gasteiger partial charge in [-0.1, -0.05) is 29.3 Å². The first-order valence-corrected chi connectivity index (χ1v) is 11.0. The van der Waals surface area contributed by atoms with Crippen LogP contribution in [0.5, 0.6) is 0 Å². The molecule has 0 atom stereocenters. The van der Waals surface area contributed by atoms with Gasteiger partial charge < -0.3 is 14.9 Å². The number of rotatable bonds is 3. The highest BCUT2D eigenvalue weighted by Gasteiger charge is 2.25. The first kappa shape index (κ1) is 19.9. The highest BCUT2D eigenvalue weighted by molar-refractivity contribution is 7.90. The van der Waals surface area contributed by atoms with E-state index in [1.165, 1.54) is 23.2 Å². The van der Waals surface area contributed by atoms with Crippen molar-refractivity contribution in [2.24, 2.45) is 0 Å². The molecule has 0 saturated carbocycles. The Labute approximate surface area is 177 Å². The number of aromatic nitrogens is 1. The van der Waals surface area contributed by atoms with Crippen LogP contribution in [0.1, 0.15) is 0 Å². The van der Waals surface area contributed by atoms with Crippen LogP contribution in [0.25, 0.3) is 10.9 Å². The summed E-state index contributed by atoms with van der Waals surface area (Å²) < 4.78 is 27.5. The van der Waals surface area contributed by atoms with Gasteiger partial charge in [-0.15, -0.1) is 0 Å². The Bertz CT molecular complexity index is 1200. The van der Waals surface area contributed by atoms with Crippen LogP contribution in [0.4, 0.5) is 10.5 Å². The number of hydrogen-bond acceptors (Lipinski definition) is 4. The molecule has 2 heterocycles. The van der Waals surface area contributed by atoms with Crippen molar-refractivity contribution >= 4 is 55.9 Å². The van der Waals surface area contributed by atoms with Crippen LogP contribution in [0.15, 0.2) is 53.6 Å². The molecule has 10 heteroatoms. The number of piperazine rings is 1. The van der Waals surface area contributed by atoms with Crippen LogP contribution in [0.2, 0.25) is 10.0 Å². The lowest BCUT2D eigenvalue weighted by molar-refractivity contribution is 0.142. The minimum Gasteiger partial charge on any atom is -0.465 e. The molecule has 1 N–H and O–H groups in total. The fraction of sp³-hybridized carbons (Fsp3) is 0.211. The molecule has 1 amide bonds. The molecule has 1 saturated heterocycles. The monoisotopic (exact) mass is 453 g/mol. The number of benzene rings is 2. The molecular weight excluding hydrogens is 437 g/mol. The lowest BCUT2D eigenvalue weighted by atomic mass is 10.1. The molecule has 29 heavy (non-hydrogen) atoms. The summed E-state index contributed by atoms with van der Waals surface area (Å²) in [6.07, 6.45) is 0.536. The topological polar surface area (TPSA) is 82.8 Å². The fourth-order valence-corrected chi connectivity index (χ4v) is 5.50.